The van der Waals surface area contributed by atoms with E-state index in [1.807, 2.05) is 41.1 Å². The quantitative estimate of drug-likeness (QED) is 0.642. The van der Waals surface area contributed by atoms with Crippen LogP contribution in [-0.2, 0) is 17.9 Å². The zero-order chi connectivity index (χ0) is 21.5. The fraction of sp³-hybridized carbons (Fsp3) is 0.435. The van der Waals surface area contributed by atoms with Crippen molar-refractivity contribution in [2.45, 2.75) is 13.1 Å². The molecule has 1 heterocycles. The van der Waals surface area contributed by atoms with Gasteiger partial charge in [0.05, 0.1) is 20.8 Å². The van der Waals surface area contributed by atoms with Gasteiger partial charge in [0.25, 0.3) is 0 Å². The average molecular weight is 432 g/mol. The predicted octanol–water partition coefficient (Wildman–Crippen LogP) is 3.13. The molecule has 2 aromatic rings. The van der Waals surface area contributed by atoms with Gasteiger partial charge in [0.15, 0.2) is 0 Å². The first-order valence-corrected chi connectivity index (χ1v) is 10.5. The lowest BCUT2D eigenvalue weighted by molar-refractivity contribution is -0.134. The van der Waals surface area contributed by atoms with Gasteiger partial charge < -0.3 is 14.4 Å². The molecule has 1 fully saturated rings. The van der Waals surface area contributed by atoms with Crippen LogP contribution in [-0.4, -0.2) is 74.6 Å². The third-order valence-corrected chi connectivity index (χ3v) is 5.61. The van der Waals surface area contributed by atoms with Crippen LogP contribution in [0.15, 0.2) is 42.5 Å². The standard InChI is InChI=1S/C23H30ClN3O3/c1-25(16-19-14-20(24)6-9-22(19)30-3)17-23(28)27-12-10-26(11-13-27)15-18-4-7-21(29-2)8-5-18/h4-9,14H,10-13,15-17H2,1-3H3. The van der Waals surface area contributed by atoms with Crippen molar-refractivity contribution in [1.29, 1.82) is 0 Å². The number of ether oxygens (including phenoxy) is 2. The predicted molar refractivity (Wildman–Crippen MR) is 119 cm³/mol. The van der Waals surface area contributed by atoms with E-state index in [1.165, 1.54) is 5.56 Å². The summed E-state index contributed by atoms with van der Waals surface area (Å²) >= 11 is 6.11. The van der Waals surface area contributed by atoms with E-state index in [2.05, 4.69) is 17.0 Å². The number of methoxy groups -OCH3 is 2. The number of nitrogens with zero attached hydrogens (tertiary/aromatic N) is 3. The number of carbonyl (C=O) groups is 1. The topological polar surface area (TPSA) is 45.2 Å². The van der Waals surface area contributed by atoms with Gasteiger partial charge in [0.1, 0.15) is 11.5 Å². The van der Waals surface area contributed by atoms with Crippen molar-refractivity contribution in [2.24, 2.45) is 0 Å². The normalized spacial score (nSPS) is 14.8. The summed E-state index contributed by atoms with van der Waals surface area (Å²) in [5.41, 5.74) is 2.23. The zero-order valence-corrected chi connectivity index (χ0v) is 18.7. The van der Waals surface area contributed by atoms with Crippen molar-refractivity contribution in [3.63, 3.8) is 0 Å². The maximum absolute atomic E-state index is 12.8. The highest BCUT2D eigenvalue weighted by molar-refractivity contribution is 6.30. The summed E-state index contributed by atoms with van der Waals surface area (Å²) in [5.74, 6) is 1.81. The van der Waals surface area contributed by atoms with Crippen LogP contribution in [0.4, 0.5) is 0 Å². The van der Waals surface area contributed by atoms with E-state index in [1.54, 1.807) is 20.3 Å². The lowest BCUT2D eigenvalue weighted by Gasteiger charge is -2.35. The number of rotatable bonds is 8. The smallest absolute Gasteiger partial charge is 0.236 e. The summed E-state index contributed by atoms with van der Waals surface area (Å²) < 4.78 is 10.6. The molecule has 0 aromatic heterocycles. The molecule has 3 rings (SSSR count). The van der Waals surface area contributed by atoms with Crippen LogP contribution in [0.2, 0.25) is 5.02 Å². The van der Waals surface area contributed by atoms with Crippen molar-refractivity contribution >= 4 is 17.5 Å². The molecule has 0 unspecified atom stereocenters. The van der Waals surface area contributed by atoms with Gasteiger partial charge in [-0.1, -0.05) is 23.7 Å². The van der Waals surface area contributed by atoms with E-state index < -0.39 is 0 Å². The molecule has 0 bridgehead atoms. The first kappa shape index (κ1) is 22.4. The van der Waals surface area contributed by atoms with E-state index in [0.29, 0.717) is 18.1 Å². The number of carbonyl (C=O) groups excluding carboxylic acids is 1. The molecule has 1 aliphatic rings. The number of hydrogen-bond donors (Lipinski definition) is 0. The molecule has 0 atom stereocenters. The highest BCUT2D eigenvalue weighted by Gasteiger charge is 2.22. The second kappa shape index (κ2) is 10.7. The molecule has 0 radical (unpaired) electrons. The molecule has 0 aliphatic carbocycles. The number of likely N-dealkylation sites (N-methyl/N-ethyl adjacent to an activating group) is 1. The summed E-state index contributed by atoms with van der Waals surface area (Å²) in [7, 11) is 5.26. The largest absolute Gasteiger partial charge is 0.497 e. The van der Waals surface area contributed by atoms with E-state index in [9.17, 15) is 4.79 Å². The van der Waals surface area contributed by atoms with E-state index in [4.69, 9.17) is 21.1 Å². The number of halogens is 1. The summed E-state index contributed by atoms with van der Waals surface area (Å²) in [6.07, 6.45) is 0. The van der Waals surface area contributed by atoms with Crippen LogP contribution < -0.4 is 9.47 Å². The van der Waals surface area contributed by atoms with Crippen molar-refractivity contribution < 1.29 is 14.3 Å². The Bertz CT molecular complexity index is 836. The molecule has 1 amide bonds. The van der Waals surface area contributed by atoms with Crippen LogP contribution in [0.1, 0.15) is 11.1 Å². The van der Waals surface area contributed by atoms with Crippen molar-refractivity contribution in [1.82, 2.24) is 14.7 Å². The van der Waals surface area contributed by atoms with Gasteiger partial charge in [-0.05, 0) is 42.9 Å². The fourth-order valence-electron chi connectivity index (χ4n) is 3.69. The van der Waals surface area contributed by atoms with Crippen LogP contribution in [0.3, 0.4) is 0 Å². The monoisotopic (exact) mass is 431 g/mol. The summed E-state index contributed by atoms with van der Waals surface area (Å²) in [6.45, 7) is 5.13. The second-order valence-electron chi connectivity index (χ2n) is 7.63. The molecule has 6 nitrogen and oxygen atoms in total. The molecule has 1 aliphatic heterocycles. The average Bonchev–Trinajstić information content (AvgIpc) is 2.75. The minimum Gasteiger partial charge on any atom is -0.497 e. The number of piperazine rings is 1. The molecule has 2 aromatic carbocycles. The Balaban J connectivity index is 1.46. The maximum atomic E-state index is 12.8. The van der Waals surface area contributed by atoms with Gasteiger partial charge in [-0.3, -0.25) is 14.6 Å². The number of hydrogen-bond acceptors (Lipinski definition) is 5. The Hall–Kier alpha value is -2.28. The first-order chi connectivity index (χ1) is 14.5. The SMILES string of the molecule is COc1ccc(CN2CCN(C(=O)CN(C)Cc3cc(Cl)ccc3OC)CC2)cc1. The number of amides is 1. The van der Waals surface area contributed by atoms with E-state index in [-0.39, 0.29) is 5.91 Å². The molecule has 1 saturated heterocycles. The third kappa shape index (κ3) is 6.11. The van der Waals surface area contributed by atoms with Gasteiger partial charge in [-0.2, -0.15) is 0 Å². The van der Waals surface area contributed by atoms with Crippen LogP contribution in [0.25, 0.3) is 0 Å². The Morgan fingerprint density at radius 2 is 1.73 bits per heavy atom. The Labute approximate surface area is 183 Å². The molecule has 0 saturated carbocycles. The summed E-state index contributed by atoms with van der Waals surface area (Å²) in [6, 6.07) is 13.7. The van der Waals surface area contributed by atoms with Crippen LogP contribution >= 0.6 is 11.6 Å². The molecule has 162 valence electrons. The zero-order valence-electron chi connectivity index (χ0n) is 17.9. The van der Waals surface area contributed by atoms with Gasteiger partial charge in [0, 0.05) is 49.9 Å². The minimum atomic E-state index is 0.155. The van der Waals surface area contributed by atoms with Crippen LogP contribution in [0.5, 0.6) is 11.5 Å². The molecular weight excluding hydrogens is 402 g/mol. The van der Waals surface area contributed by atoms with Crippen LogP contribution in [0, 0.1) is 0 Å². The lowest BCUT2D eigenvalue weighted by atomic mass is 10.2. The maximum Gasteiger partial charge on any atom is 0.236 e. The van der Waals surface area contributed by atoms with Gasteiger partial charge in [-0.25, -0.2) is 0 Å². The van der Waals surface area contributed by atoms with Crippen molar-refractivity contribution in [3.8, 4) is 11.5 Å². The van der Waals surface area contributed by atoms with E-state index >= 15 is 0 Å². The van der Waals surface area contributed by atoms with Gasteiger partial charge >= 0.3 is 0 Å². The minimum absolute atomic E-state index is 0.155. The lowest BCUT2D eigenvalue weighted by Crippen LogP contribution is -2.50. The van der Waals surface area contributed by atoms with Gasteiger partial charge in [-0.15, -0.1) is 0 Å². The first-order valence-electron chi connectivity index (χ1n) is 10.1. The third-order valence-electron chi connectivity index (χ3n) is 5.38. The fourth-order valence-corrected chi connectivity index (χ4v) is 3.89. The molecule has 0 spiro atoms. The second-order valence-corrected chi connectivity index (χ2v) is 8.07. The molecule has 30 heavy (non-hydrogen) atoms. The Morgan fingerprint density at radius 3 is 2.37 bits per heavy atom. The highest BCUT2D eigenvalue weighted by Crippen LogP contribution is 2.23. The Kier molecular flexibility index (Phi) is 7.96. The van der Waals surface area contributed by atoms with Gasteiger partial charge in [0.2, 0.25) is 5.91 Å². The Morgan fingerprint density at radius 1 is 1.03 bits per heavy atom. The summed E-state index contributed by atoms with van der Waals surface area (Å²) in [4.78, 5) is 19.1. The van der Waals surface area contributed by atoms with Crippen molar-refractivity contribution in [3.05, 3.63) is 58.6 Å². The van der Waals surface area contributed by atoms with E-state index in [0.717, 1.165) is 49.8 Å². The van der Waals surface area contributed by atoms with Crippen molar-refractivity contribution in [2.75, 3.05) is 54.0 Å². The molecule has 7 heteroatoms. The highest BCUT2D eigenvalue weighted by atomic mass is 35.5. The number of benzene rings is 2. The molecule has 0 N–H and O–H groups in total. The summed E-state index contributed by atoms with van der Waals surface area (Å²) in [5, 5.41) is 0.665. The molecular formula is C23H30ClN3O3.